The Kier molecular flexibility index (Phi) is 3.66. The minimum Gasteiger partial charge on any atom is -0.493 e. The molecule has 5 rings (SSSR count). The number of hydrogen-bond acceptors (Lipinski definition) is 5. The molecule has 1 N–H and O–H groups in total. The molecule has 1 fully saturated rings. The topological polar surface area (TPSA) is 104 Å². The molecule has 8 heteroatoms. The summed E-state index contributed by atoms with van der Waals surface area (Å²) in [6.07, 6.45) is 2.07. The standard InChI is InChI=1S/C22H21N5O3/c1-22(2,3)20(29)25-11-12-8-16(25)18-19(28)27(21(30)26(12)18)17-10-24-15(9-23)13-6-4-5-7-14(13)17/h4-7,10,12,16,28H,8,11H2,1-3H3/t12-,16-/m0/s1. The lowest BCUT2D eigenvalue weighted by Gasteiger charge is -2.32. The molecule has 2 aliphatic rings. The van der Waals surface area contributed by atoms with E-state index in [1.807, 2.05) is 26.8 Å². The number of likely N-dealkylation sites (tertiary alicyclic amines) is 1. The molecule has 0 aliphatic carbocycles. The third-order valence-electron chi connectivity index (χ3n) is 6.08. The lowest BCUT2D eigenvalue weighted by atomic mass is 9.94. The largest absolute Gasteiger partial charge is 0.493 e. The molecule has 0 unspecified atom stereocenters. The second kappa shape index (κ2) is 5.95. The van der Waals surface area contributed by atoms with E-state index in [2.05, 4.69) is 11.1 Å². The van der Waals surface area contributed by atoms with Crippen LogP contribution in [-0.4, -0.2) is 36.6 Å². The van der Waals surface area contributed by atoms with Crippen molar-refractivity contribution in [2.75, 3.05) is 6.54 Å². The summed E-state index contributed by atoms with van der Waals surface area (Å²) in [7, 11) is 0. The molecule has 0 saturated carbocycles. The van der Waals surface area contributed by atoms with Gasteiger partial charge < -0.3 is 10.0 Å². The maximum atomic E-state index is 13.3. The highest BCUT2D eigenvalue weighted by Gasteiger charge is 2.50. The first kappa shape index (κ1) is 18.4. The number of carbonyl (C=O) groups is 1. The van der Waals surface area contributed by atoms with Crippen molar-refractivity contribution in [1.29, 1.82) is 5.26 Å². The number of hydrogen-bond donors (Lipinski definition) is 1. The molecule has 2 aliphatic heterocycles. The van der Waals surface area contributed by atoms with Crippen molar-refractivity contribution in [1.82, 2.24) is 19.0 Å². The maximum absolute atomic E-state index is 13.3. The molecule has 2 bridgehead atoms. The highest BCUT2D eigenvalue weighted by atomic mass is 16.3. The number of fused-ring (bicyclic) bond motifs is 6. The van der Waals surface area contributed by atoms with E-state index in [-0.39, 0.29) is 35.3 Å². The van der Waals surface area contributed by atoms with E-state index >= 15 is 0 Å². The second-order valence-corrected chi connectivity index (χ2v) is 8.96. The number of amides is 1. The van der Waals surface area contributed by atoms with Gasteiger partial charge in [0.2, 0.25) is 11.8 Å². The quantitative estimate of drug-likeness (QED) is 0.673. The third-order valence-corrected chi connectivity index (χ3v) is 6.08. The number of aromatic nitrogens is 3. The van der Waals surface area contributed by atoms with Crippen molar-refractivity contribution < 1.29 is 9.90 Å². The van der Waals surface area contributed by atoms with E-state index in [0.717, 1.165) is 0 Å². The Bertz CT molecular complexity index is 1320. The van der Waals surface area contributed by atoms with Crippen LogP contribution in [0.15, 0.2) is 35.3 Å². The van der Waals surface area contributed by atoms with Gasteiger partial charge in [-0.15, -0.1) is 0 Å². The Balaban J connectivity index is 1.70. The van der Waals surface area contributed by atoms with Crippen LogP contribution in [0.3, 0.4) is 0 Å². The number of benzene rings is 1. The molecule has 152 valence electrons. The summed E-state index contributed by atoms with van der Waals surface area (Å²) in [5.74, 6) is -0.165. The van der Waals surface area contributed by atoms with Crippen molar-refractivity contribution in [3.8, 4) is 17.6 Å². The first-order valence-electron chi connectivity index (χ1n) is 9.89. The fourth-order valence-corrected chi connectivity index (χ4v) is 4.76. The number of nitriles is 1. The summed E-state index contributed by atoms with van der Waals surface area (Å²) in [5.41, 5.74) is 0.260. The number of carbonyl (C=O) groups excluding carboxylic acids is 1. The van der Waals surface area contributed by atoms with Crippen molar-refractivity contribution >= 4 is 16.7 Å². The van der Waals surface area contributed by atoms with Gasteiger partial charge in [-0.3, -0.25) is 9.36 Å². The van der Waals surface area contributed by atoms with E-state index in [1.165, 1.54) is 10.8 Å². The molecule has 1 aromatic carbocycles. The van der Waals surface area contributed by atoms with Gasteiger partial charge in [0.15, 0.2) is 0 Å². The van der Waals surface area contributed by atoms with Crippen molar-refractivity contribution in [3.05, 3.63) is 52.3 Å². The summed E-state index contributed by atoms with van der Waals surface area (Å²) < 4.78 is 2.86. The lowest BCUT2D eigenvalue weighted by Crippen LogP contribution is -2.43. The highest BCUT2D eigenvalue weighted by molar-refractivity contribution is 5.93. The molecule has 30 heavy (non-hydrogen) atoms. The number of aromatic hydroxyl groups is 1. The average molecular weight is 403 g/mol. The average Bonchev–Trinajstić information content (AvgIpc) is 3.37. The molecule has 1 saturated heterocycles. The van der Waals surface area contributed by atoms with Crippen molar-refractivity contribution in [3.63, 3.8) is 0 Å². The van der Waals surface area contributed by atoms with Crippen LogP contribution in [0.1, 0.15) is 50.7 Å². The van der Waals surface area contributed by atoms with Crippen molar-refractivity contribution in [2.45, 2.75) is 39.3 Å². The maximum Gasteiger partial charge on any atom is 0.336 e. The number of imidazole rings is 1. The Labute approximate surface area is 172 Å². The second-order valence-electron chi connectivity index (χ2n) is 8.96. The van der Waals surface area contributed by atoms with Crippen molar-refractivity contribution in [2.24, 2.45) is 5.41 Å². The van der Waals surface area contributed by atoms with E-state index in [4.69, 9.17) is 0 Å². The molecule has 2 aromatic heterocycles. The van der Waals surface area contributed by atoms with E-state index in [0.29, 0.717) is 35.1 Å². The first-order valence-corrected chi connectivity index (χ1v) is 9.89. The van der Waals surface area contributed by atoms with E-state index in [1.54, 1.807) is 27.7 Å². The monoisotopic (exact) mass is 403 g/mol. The van der Waals surface area contributed by atoms with Crippen LogP contribution in [0.5, 0.6) is 5.88 Å². The smallest absolute Gasteiger partial charge is 0.336 e. The molecule has 2 atom stereocenters. The van der Waals surface area contributed by atoms with Crippen LogP contribution in [0.4, 0.5) is 0 Å². The summed E-state index contributed by atoms with van der Waals surface area (Å²) in [4.78, 5) is 32.2. The number of rotatable bonds is 1. The van der Waals surface area contributed by atoms with Crippen LogP contribution in [0.2, 0.25) is 0 Å². The fourth-order valence-electron chi connectivity index (χ4n) is 4.76. The minimum absolute atomic E-state index is 0.00587. The zero-order valence-corrected chi connectivity index (χ0v) is 17.0. The predicted molar refractivity (Wildman–Crippen MR) is 109 cm³/mol. The van der Waals surface area contributed by atoms with Gasteiger partial charge in [0.1, 0.15) is 17.5 Å². The summed E-state index contributed by atoms with van der Waals surface area (Å²) in [6, 6.07) is 8.75. The van der Waals surface area contributed by atoms with Gasteiger partial charge in [0.05, 0.1) is 24.0 Å². The Morgan fingerprint density at radius 3 is 2.63 bits per heavy atom. The van der Waals surface area contributed by atoms with E-state index in [9.17, 15) is 20.0 Å². The molecule has 3 aromatic rings. The Hall–Kier alpha value is -3.60. The molecular weight excluding hydrogens is 382 g/mol. The minimum atomic E-state index is -0.541. The summed E-state index contributed by atoms with van der Waals surface area (Å²) >= 11 is 0. The fraction of sp³-hybridized carbons (Fsp3) is 0.364. The van der Waals surface area contributed by atoms with Gasteiger partial charge >= 0.3 is 5.69 Å². The first-order chi connectivity index (χ1) is 14.2. The molecule has 1 amide bonds. The third kappa shape index (κ3) is 2.29. The van der Waals surface area contributed by atoms with Crippen LogP contribution >= 0.6 is 0 Å². The summed E-state index contributed by atoms with van der Waals surface area (Å²) in [5, 5.41) is 21.7. The molecule has 8 nitrogen and oxygen atoms in total. The molecule has 4 heterocycles. The van der Waals surface area contributed by atoms with E-state index < -0.39 is 5.41 Å². The van der Waals surface area contributed by atoms with Gasteiger partial charge in [-0.2, -0.15) is 5.26 Å². The number of pyridine rings is 1. The van der Waals surface area contributed by atoms with Gasteiger partial charge in [-0.1, -0.05) is 45.0 Å². The Morgan fingerprint density at radius 1 is 1.27 bits per heavy atom. The zero-order valence-electron chi connectivity index (χ0n) is 17.0. The molecular formula is C22H21N5O3. The van der Waals surface area contributed by atoms with Gasteiger partial charge in [0, 0.05) is 22.7 Å². The van der Waals surface area contributed by atoms with Gasteiger partial charge in [0.25, 0.3) is 0 Å². The Morgan fingerprint density at radius 2 is 1.97 bits per heavy atom. The SMILES string of the molecule is CC(C)(C)C(=O)N1C[C@@H]2C[C@H]1c1c(O)n(-c3cnc(C#N)c4ccccc34)c(=O)n12. The van der Waals surface area contributed by atoms with Gasteiger partial charge in [-0.25, -0.2) is 14.3 Å². The van der Waals surface area contributed by atoms with Crippen LogP contribution in [0, 0.1) is 16.7 Å². The van der Waals surface area contributed by atoms with Crippen LogP contribution < -0.4 is 5.69 Å². The molecule has 0 spiro atoms. The zero-order chi connectivity index (χ0) is 21.4. The van der Waals surface area contributed by atoms with Crippen LogP contribution in [-0.2, 0) is 4.79 Å². The lowest BCUT2D eigenvalue weighted by molar-refractivity contribution is -0.141. The van der Waals surface area contributed by atoms with Crippen LogP contribution in [0.25, 0.3) is 16.5 Å². The predicted octanol–water partition coefficient (Wildman–Crippen LogP) is 2.64. The number of nitrogens with zero attached hydrogens (tertiary/aromatic N) is 5. The highest BCUT2D eigenvalue weighted by Crippen LogP contribution is 2.49. The molecule has 0 radical (unpaired) electrons. The summed E-state index contributed by atoms with van der Waals surface area (Å²) in [6.45, 7) is 6.07. The van der Waals surface area contributed by atoms with Gasteiger partial charge in [-0.05, 0) is 6.42 Å². The normalized spacial score (nSPS) is 19.9.